The molecule has 2 aromatic rings. The van der Waals surface area contributed by atoms with Gasteiger partial charge in [0.25, 0.3) is 0 Å². The van der Waals surface area contributed by atoms with E-state index in [1.807, 2.05) is 0 Å². The molecule has 30 heavy (non-hydrogen) atoms. The molecule has 0 saturated heterocycles. The van der Waals surface area contributed by atoms with Crippen LogP contribution < -0.4 is 10.6 Å². The van der Waals surface area contributed by atoms with Gasteiger partial charge >= 0.3 is 0 Å². The van der Waals surface area contributed by atoms with Gasteiger partial charge in [0.15, 0.2) is 0 Å². The lowest BCUT2D eigenvalue weighted by Crippen LogP contribution is -2.09. The van der Waals surface area contributed by atoms with Gasteiger partial charge in [-0.25, -0.2) is 0 Å². The number of hydrogen-bond donors (Lipinski definition) is 2. The third-order valence-corrected chi connectivity index (χ3v) is 5.58. The summed E-state index contributed by atoms with van der Waals surface area (Å²) in [4.78, 5) is 0. The number of anilines is 2. The smallest absolute Gasteiger partial charge is 0.0766 e. The predicted molar refractivity (Wildman–Crippen MR) is 134 cm³/mol. The van der Waals surface area contributed by atoms with Gasteiger partial charge in [0.1, 0.15) is 0 Å². The maximum atomic E-state index is 3.60. The summed E-state index contributed by atoms with van der Waals surface area (Å²) in [5.74, 6) is 8.58. The Labute approximate surface area is 184 Å². The SMILES string of the molecule is CC(C)c1cccc(C(C)C)c1NCC#CCNc1c(C(C)C)cccc1C(C)C. The molecule has 0 radical (unpaired) electrons. The van der Waals surface area contributed by atoms with Crippen LogP contribution in [0.4, 0.5) is 11.4 Å². The summed E-state index contributed by atoms with van der Waals surface area (Å²) in [5.41, 5.74) is 8.00. The Bertz CT molecular complexity index is 755. The van der Waals surface area contributed by atoms with E-state index in [2.05, 4.69) is 114 Å². The molecule has 0 spiro atoms. The van der Waals surface area contributed by atoms with Crippen LogP contribution in [-0.4, -0.2) is 13.1 Å². The van der Waals surface area contributed by atoms with Gasteiger partial charge in [0, 0.05) is 11.4 Å². The molecule has 0 fully saturated rings. The molecule has 2 heteroatoms. The van der Waals surface area contributed by atoms with Crippen molar-refractivity contribution in [2.24, 2.45) is 0 Å². The van der Waals surface area contributed by atoms with Crippen LogP contribution >= 0.6 is 0 Å². The Morgan fingerprint density at radius 1 is 0.533 bits per heavy atom. The van der Waals surface area contributed by atoms with Gasteiger partial charge in [-0.1, -0.05) is 104 Å². The summed E-state index contributed by atoms with van der Waals surface area (Å²) in [5, 5.41) is 7.20. The zero-order valence-corrected chi connectivity index (χ0v) is 20.2. The van der Waals surface area contributed by atoms with Gasteiger partial charge in [-0.2, -0.15) is 0 Å². The lowest BCUT2D eigenvalue weighted by molar-refractivity contribution is 0.835. The summed E-state index contributed by atoms with van der Waals surface area (Å²) in [6, 6.07) is 13.2. The van der Waals surface area contributed by atoms with E-state index >= 15 is 0 Å². The van der Waals surface area contributed by atoms with Crippen molar-refractivity contribution in [1.29, 1.82) is 0 Å². The molecule has 162 valence electrons. The number of benzene rings is 2. The first-order valence-corrected chi connectivity index (χ1v) is 11.4. The van der Waals surface area contributed by atoms with Crippen LogP contribution in [0.5, 0.6) is 0 Å². The molecule has 0 aliphatic rings. The topological polar surface area (TPSA) is 24.1 Å². The quantitative estimate of drug-likeness (QED) is 0.440. The fraction of sp³-hybridized carbons (Fsp3) is 0.500. The molecule has 0 amide bonds. The number of hydrogen-bond acceptors (Lipinski definition) is 2. The van der Waals surface area contributed by atoms with Crippen molar-refractivity contribution in [3.63, 3.8) is 0 Å². The first-order chi connectivity index (χ1) is 14.2. The van der Waals surface area contributed by atoms with E-state index in [0.717, 1.165) is 0 Å². The zero-order valence-electron chi connectivity index (χ0n) is 20.2. The Morgan fingerprint density at radius 3 is 1.03 bits per heavy atom. The second kappa shape index (κ2) is 11.1. The number of rotatable bonds is 8. The maximum Gasteiger partial charge on any atom is 0.0766 e. The molecule has 0 aliphatic carbocycles. The Hall–Kier alpha value is -2.40. The molecule has 0 saturated carbocycles. The molecule has 0 unspecified atom stereocenters. The Kier molecular flexibility index (Phi) is 8.85. The highest BCUT2D eigenvalue weighted by molar-refractivity contribution is 5.61. The first-order valence-electron chi connectivity index (χ1n) is 11.4. The minimum Gasteiger partial charge on any atom is -0.374 e. The van der Waals surface area contributed by atoms with Crippen molar-refractivity contribution in [1.82, 2.24) is 0 Å². The Balaban J connectivity index is 2.08. The predicted octanol–water partition coefficient (Wildman–Crippen LogP) is 7.71. The van der Waals surface area contributed by atoms with Crippen LogP contribution in [0.1, 0.15) is 101 Å². The third-order valence-electron chi connectivity index (χ3n) is 5.58. The fourth-order valence-electron chi connectivity index (χ4n) is 3.90. The zero-order chi connectivity index (χ0) is 22.3. The van der Waals surface area contributed by atoms with E-state index < -0.39 is 0 Å². The lowest BCUT2D eigenvalue weighted by Gasteiger charge is -2.20. The van der Waals surface area contributed by atoms with E-state index in [-0.39, 0.29) is 0 Å². The fourth-order valence-corrected chi connectivity index (χ4v) is 3.90. The summed E-state index contributed by atoms with van der Waals surface area (Å²) >= 11 is 0. The van der Waals surface area contributed by atoms with Crippen molar-refractivity contribution in [2.75, 3.05) is 23.7 Å². The number of para-hydroxylation sites is 2. The van der Waals surface area contributed by atoms with Gasteiger partial charge in [-0.05, 0) is 45.9 Å². The molecule has 0 heterocycles. The maximum absolute atomic E-state index is 3.60. The highest BCUT2D eigenvalue weighted by Gasteiger charge is 2.14. The number of nitrogens with one attached hydrogen (secondary N) is 2. The molecule has 2 rings (SSSR count). The second-order valence-electron chi connectivity index (χ2n) is 9.30. The highest BCUT2D eigenvalue weighted by Crippen LogP contribution is 2.33. The van der Waals surface area contributed by atoms with Gasteiger partial charge < -0.3 is 10.6 Å². The van der Waals surface area contributed by atoms with Crippen LogP contribution in [0, 0.1) is 11.8 Å². The first kappa shape index (κ1) is 23.9. The van der Waals surface area contributed by atoms with Gasteiger partial charge in [0.2, 0.25) is 0 Å². The molecular weight excluding hydrogens is 364 g/mol. The van der Waals surface area contributed by atoms with Crippen LogP contribution in [-0.2, 0) is 0 Å². The van der Waals surface area contributed by atoms with E-state index in [1.165, 1.54) is 33.6 Å². The van der Waals surface area contributed by atoms with E-state index in [0.29, 0.717) is 36.8 Å². The molecule has 2 nitrogen and oxygen atoms in total. The van der Waals surface area contributed by atoms with Crippen molar-refractivity contribution < 1.29 is 0 Å². The monoisotopic (exact) mass is 404 g/mol. The summed E-state index contributed by atoms with van der Waals surface area (Å²) in [6.07, 6.45) is 0. The normalized spacial score (nSPS) is 11.2. The second-order valence-corrected chi connectivity index (χ2v) is 9.30. The van der Waals surface area contributed by atoms with Crippen LogP contribution in [0.2, 0.25) is 0 Å². The van der Waals surface area contributed by atoms with E-state index in [9.17, 15) is 0 Å². The van der Waals surface area contributed by atoms with Gasteiger partial charge in [-0.3, -0.25) is 0 Å². The minimum absolute atomic E-state index is 0.489. The molecule has 2 aromatic carbocycles. The molecular formula is C28H40N2. The third kappa shape index (κ3) is 6.05. The average molecular weight is 405 g/mol. The Morgan fingerprint density at radius 2 is 0.800 bits per heavy atom. The van der Waals surface area contributed by atoms with Crippen molar-refractivity contribution in [3.8, 4) is 11.8 Å². The minimum atomic E-state index is 0.489. The molecule has 0 aliphatic heterocycles. The standard InChI is InChI=1S/C28H40N2/c1-19(2)23-13-11-14-24(20(3)4)27(23)29-17-9-10-18-30-28-25(21(5)6)15-12-16-26(28)22(7)8/h11-16,19-22,29-30H,17-18H2,1-8H3. The van der Waals surface area contributed by atoms with E-state index in [4.69, 9.17) is 0 Å². The summed E-state index contributed by atoms with van der Waals surface area (Å²) < 4.78 is 0. The molecule has 0 bridgehead atoms. The van der Waals surface area contributed by atoms with E-state index in [1.54, 1.807) is 0 Å². The lowest BCUT2D eigenvalue weighted by atomic mass is 9.92. The largest absolute Gasteiger partial charge is 0.374 e. The molecule has 0 aromatic heterocycles. The van der Waals surface area contributed by atoms with Crippen molar-refractivity contribution in [3.05, 3.63) is 58.7 Å². The van der Waals surface area contributed by atoms with Crippen molar-refractivity contribution in [2.45, 2.75) is 79.1 Å². The van der Waals surface area contributed by atoms with Crippen LogP contribution in [0.3, 0.4) is 0 Å². The average Bonchev–Trinajstić information content (AvgIpc) is 2.69. The summed E-state index contributed by atoms with van der Waals surface area (Å²) in [7, 11) is 0. The summed E-state index contributed by atoms with van der Waals surface area (Å²) in [6.45, 7) is 19.3. The molecule has 0 atom stereocenters. The van der Waals surface area contributed by atoms with Gasteiger partial charge in [-0.15, -0.1) is 0 Å². The highest BCUT2D eigenvalue weighted by atomic mass is 14.9. The van der Waals surface area contributed by atoms with Crippen LogP contribution in [0.15, 0.2) is 36.4 Å². The van der Waals surface area contributed by atoms with Crippen molar-refractivity contribution >= 4 is 11.4 Å². The van der Waals surface area contributed by atoms with Gasteiger partial charge in [0.05, 0.1) is 13.1 Å². The van der Waals surface area contributed by atoms with Crippen LogP contribution in [0.25, 0.3) is 0 Å². The molecule has 2 N–H and O–H groups in total.